The quantitative estimate of drug-likeness (QED) is 0.869. The molecule has 0 aliphatic rings. The fourth-order valence-corrected chi connectivity index (χ4v) is 3.77. The molecular weight excluding hydrogens is 236 g/mol. The maximum atomic E-state index is 11.9. The van der Waals surface area contributed by atoms with Gasteiger partial charge in [-0.05, 0) is 32.9 Å². The van der Waals surface area contributed by atoms with Gasteiger partial charge in [-0.2, -0.15) is 0 Å². The molecule has 0 fully saturated rings. The number of rotatable bonds is 2. The van der Waals surface area contributed by atoms with E-state index < -0.39 is 20.6 Å². The second kappa shape index (κ2) is 3.61. The van der Waals surface area contributed by atoms with Crippen LogP contribution in [0.2, 0.25) is 0 Å². The van der Waals surface area contributed by atoms with E-state index in [-0.39, 0.29) is 9.09 Å². The zero-order chi connectivity index (χ0) is 11.9. The van der Waals surface area contributed by atoms with E-state index in [1.54, 1.807) is 20.8 Å². The number of hydrogen-bond acceptors (Lipinski definition) is 4. The van der Waals surface area contributed by atoms with Crippen molar-refractivity contribution >= 4 is 27.1 Å². The SMILES string of the molecule is CC(C)(C)S(=O)(=O)c1ccc(C(=O)O)s1. The highest BCUT2D eigenvalue weighted by Crippen LogP contribution is 2.30. The fourth-order valence-electron chi connectivity index (χ4n) is 0.881. The number of sulfone groups is 1. The van der Waals surface area contributed by atoms with Crippen molar-refractivity contribution < 1.29 is 18.3 Å². The second-order valence-corrected chi connectivity index (χ2v) is 8.05. The van der Waals surface area contributed by atoms with Gasteiger partial charge >= 0.3 is 5.97 Å². The maximum absolute atomic E-state index is 11.9. The van der Waals surface area contributed by atoms with E-state index in [0.717, 1.165) is 11.3 Å². The van der Waals surface area contributed by atoms with Crippen molar-refractivity contribution in [3.05, 3.63) is 17.0 Å². The van der Waals surface area contributed by atoms with E-state index in [1.807, 2.05) is 0 Å². The summed E-state index contributed by atoms with van der Waals surface area (Å²) in [6.07, 6.45) is 0. The predicted molar refractivity (Wildman–Crippen MR) is 58.2 cm³/mol. The Labute approximate surface area is 92.5 Å². The Bertz CT molecular complexity index is 476. The molecule has 1 aromatic heterocycles. The Morgan fingerprint density at radius 2 is 1.87 bits per heavy atom. The summed E-state index contributed by atoms with van der Waals surface area (Å²) >= 11 is 0.787. The van der Waals surface area contributed by atoms with E-state index in [1.165, 1.54) is 12.1 Å². The molecule has 0 bridgehead atoms. The monoisotopic (exact) mass is 248 g/mol. The summed E-state index contributed by atoms with van der Waals surface area (Å²) in [5.74, 6) is -1.10. The first-order valence-electron chi connectivity index (χ1n) is 4.24. The number of carboxylic acids is 1. The molecule has 0 radical (unpaired) electrons. The lowest BCUT2D eigenvalue weighted by Crippen LogP contribution is -2.27. The maximum Gasteiger partial charge on any atom is 0.345 e. The zero-order valence-corrected chi connectivity index (χ0v) is 10.3. The molecular formula is C9H12O4S2. The van der Waals surface area contributed by atoms with Gasteiger partial charge in [0.15, 0.2) is 9.84 Å². The van der Waals surface area contributed by atoms with Crippen molar-refractivity contribution in [1.29, 1.82) is 0 Å². The Morgan fingerprint density at radius 1 is 1.33 bits per heavy atom. The van der Waals surface area contributed by atoms with Gasteiger partial charge in [-0.1, -0.05) is 0 Å². The minimum absolute atomic E-state index is 0.0397. The van der Waals surface area contributed by atoms with Crippen LogP contribution >= 0.6 is 11.3 Å². The lowest BCUT2D eigenvalue weighted by molar-refractivity contribution is 0.0702. The first-order valence-corrected chi connectivity index (χ1v) is 6.54. The third-order valence-corrected chi connectivity index (χ3v) is 5.92. The van der Waals surface area contributed by atoms with E-state index in [0.29, 0.717) is 0 Å². The van der Waals surface area contributed by atoms with Crippen LogP contribution in [-0.4, -0.2) is 24.2 Å². The van der Waals surface area contributed by atoms with Crippen molar-refractivity contribution in [1.82, 2.24) is 0 Å². The standard InChI is InChI=1S/C9H12O4S2/c1-9(2,3)15(12,13)7-5-4-6(14-7)8(10)11/h4-5H,1-3H3,(H,10,11). The highest BCUT2D eigenvalue weighted by molar-refractivity contribution is 7.94. The smallest absolute Gasteiger partial charge is 0.345 e. The molecule has 1 heterocycles. The van der Waals surface area contributed by atoms with E-state index in [4.69, 9.17) is 5.11 Å². The molecule has 6 heteroatoms. The first kappa shape index (κ1) is 12.2. The highest BCUT2D eigenvalue weighted by Gasteiger charge is 2.32. The molecule has 84 valence electrons. The lowest BCUT2D eigenvalue weighted by Gasteiger charge is -2.17. The van der Waals surface area contributed by atoms with Crippen LogP contribution in [0.1, 0.15) is 30.4 Å². The van der Waals surface area contributed by atoms with Crippen LogP contribution in [0.4, 0.5) is 0 Å². The molecule has 0 aliphatic heterocycles. The number of carboxylic acid groups (broad SMARTS) is 1. The van der Waals surface area contributed by atoms with Crippen LogP contribution in [0.25, 0.3) is 0 Å². The summed E-state index contributed by atoms with van der Waals surface area (Å²) in [5, 5.41) is 8.68. The zero-order valence-electron chi connectivity index (χ0n) is 8.64. The topological polar surface area (TPSA) is 71.4 Å². The molecule has 1 aromatic rings. The second-order valence-electron chi connectivity index (χ2n) is 4.04. The first-order chi connectivity index (χ1) is 6.66. The van der Waals surface area contributed by atoms with Gasteiger partial charge in [0.2, 0.25) is 0 Å². The van der Waals surface area contributed by atoms with Crippen molar-refractivity contribution in [2.24, 2.45) is 0 Å². The van der Waals surface area contributed by atoms with Gasteiger partial charge in [0.25, 0.3) is 0 Å². The van der Waals surface area contributed by atoms with E-state index >= 15 is 0 Å². The van der Waals surface area contributed by atoms with Crippen LogP contribution < -0.4 is 0 Å². The summed E-state index contributed by atoms with van der Waals surface area (Å²) in [7, 11) is -3.43. The van der Waals surface area contributed by atoms with Gasteiger partial charge in [-0.15, -0.1) is 11.3 Å². The van der Waals surface area contributed by atoms with Crippen LogP contribution in [0, 0.1) is 0 Å². The predicted octanol–water partition coefficient (Wildman–Crippen LogP) is 2.02. The fraction of sp³-hybridized carbons (Fsp3) is 0.444. The summed E-state index contributed by atoms with van der Waals surface area (Å²) in [6, 6.07) is 2.65. The van der Waals surface area contributed by atoms with Crippen molar-refractivity contribution in [2.45, 2.75) is 29.7 Å². The van der Waals surface area contributed by atoms with Gasteiger partial charge < -0.3 is 5.11 Å². The molecule has 0 saturated heterocycles. The Kier molecular flexibility index (Phi) is 2.93. The van der Waals surface area contributed by atoms with E-state index in [2.05, 4.69) is 0 Å². The van der Waals surface area contributed by atoms with Crippen molar-refractivity contribution in [3.63, 3.8) is 0 Å². The molecule has 0 aromatic carbocycles. The average molecular weight is 248 g/mol. The molecule has 1 rings (SSSR count). The van der Waals surface area contributed by atoms with Crippen LogP contribution in [0.5, 0.6) is 0 Å². The largest absolute Gasteiger partial charge is 0.477 e. The third kappa shape index (κ3) is 2.21. The van der Waals surface area contributed by atoms with Crippen LogP contribution in [0.15, 0.2) is 16.3 Å². The third-order valence-electron chi connectivity index (χ3n) is 1.86. The minimum Gasteiger partial charge on any atom is -0.477 e. The molecule has 0 unspecified atom stereocenters. The molecule has 0 saturated carbocycles. The number of hydrogen-bond donors (Lipinski definition) is 1. The van der Waals surface area contributed by atoms with Gasteiger partial charge in [0.1, 0.15) is 9.09 Å². The Balaban J connectivity index is 3.24. The minimum atomic E-state index is -3.43. The Morgan fingerprint density at radius 3 is 2.20 bits per heavy atom. The molecule has 15 heavy (non-hydrogen) atoms. The van der Waals surface area contributed by atoms with Gasteiger partial charge in [0, 0.05) is 0 Å². The molecule has 1 N–H and O–H groups in total. The summed E-state index contributed by atoms with van der Waals surface area (Å²) in [4.78, 5) is 10.6. The summed E-state index contributed by atoms with van der Waals surface area (Å²) in [6.45, 7) is 4.76. The molecule has 0 aliphatic carbocycles. The normalized spacial score (nSPS) is 12.7. The Hall–Kier alpha value is -0.880. The summed E-state index contributed by atoms with van der Waals surface area (Å²) < 4.78 is 23.0. The molecule has 0 atom stereocenters. The van der Waals surface area contributed by atoms with Crippen LogP contribution in [0.3, 0.4) is 0 Å². The number of carbonyl (C=O) groups is 1. The number of thiophene rings is 1. The highest BCUT2D eigenvalue weighted by atomic mass is 32.2. The van der Waals surface area contributed by atoms with Gasteiger partial charge in [-0.25, -0.2) is 13.2 Å². The molecule has 4 nitrogen and oxygen atoms in total. The molecule has 0 amide bonds. The average Bonchev–Trinajstić information content (AvgIpc) is 2.49. The number of aromatic carboxylic acids is 1. The molecule has 0 spiro atoms. The van der Waals surface area contributed by atoms with Crippen molar-refractivity contribution in [3.8, 4) is 0 Å². The lowest BCUT2D eigenvalue weighted by atomic mass is 10.3. The van der Waals surface area contributed by atoms with E-state index in [9.17, 15) is 13.2 Å². The summed E-state index contributed by atoms with van der Waals surface area (Å²) in [5.41, 5.74) is 0. The van der Waals surface area contributed by atoms with Crippen molar-refractivity contribution in [2.75, 3.05) is 0 Å². The van der Waals surface area contributed by atoms with Gasteiger partial charge in [-0.3, -0.25) is 0 Å². The van der Waals surface area contributed by atoms with Gasteiger partial charge in [0.05, 0.1) is 4.75 Å². The van der Waals surface area contributed by atoms with Crippen LogP contribution in [-0.2, 0) is 9.84 Å².